The van der Waals surface area contributed by atoms with E-state index in [2.05, 4.69) is 22.9 Å². The Labute approximate surface area is 120 Å². The van der Waals surface area contributed by atoms with Crippen molar-refractivity contribution in [2.45, 2.75) is 37.7 Å². The van der Waals surface area contributed by atoms with Crippen molar-refractivity contribution in [2.75, 3.05) is 18.5 Å². The number of hydrogen-bond donors (Lipinski definition) is 0. The maximum Gasteiger partial charge on any atom is 0.418 e. The van der Waals surface area contributed by atoms with Crippen molar-refractivity contribution in [1.82, 2.24) is 0 Å². The largest absolute Gasteiger partial charge is 0.418 e. The van der Waals surface area contributed by atoms with E-state index in [9.17, 15) is 13.2 Å². The number of anilines is 1. The van der Waals surface area contributed by atoms with E-state index in [1.54, 1.807) is 24.1 Å². The van der Waals surface area contributed by atoms with Crippen molar-refractivity contribution in [3.8, 4) is 0 Å². The molecule has 0 radical (unpaired) electrons. The standard InChI is InChI=1S/C14H19BrF3N/c1-3-4-5-8-19(2)13-7-6-11(10-15)9-12(13)14(16,17)18/h6-7,9H,3-5,8,10H2,1-2H3. The molecule has 1 aromatic carbocycles. The van der Waals surface area contributed by atoms with Crippen LogP contribution in [-0.4, -0.2) is 13.6 Å². The monoisotopic (exact) mass is 337 g/mol. The Kier molecular flexibility index (Phi) is 6.17. The van der Waals surface area contributed by atoms with E-state index in [4.69, 9.17) is 0 Å². The van der Waals surface area contributed by atoms with Gasteiger partial charge in [0.15, 0.2) is 0 Å². The first kappa shape index (κ1) is 16.3. The summed E-state index contributed by atoms with van der Waals surface area (Å²) >= 11 is 3.19. The van der Waals surface area contributed by atoms with Gasteiger partial charge in [0.05, 0.1) is 5.56 Å². The average molecular weight is 338 g/mol. The zero-order chi connectivity index (χ0) is 14.5. The molecule has 0 bridgehead atoms. The van der Waals surface area contributed by atoms with Crippen LogP contribution in [0.1, 0.15) is 37.3 Å². The van der Waals surface area contributed by atoms with E-state index in [1.807, 2.05) is 0 Å². The summed E-state index contributed by atoms with van der Waals surface area (Å²) in [6.45, 7) is 2.72. The Bertz CT molecular complexity index is 404. The minimum Gasteiger partial charge on any atom is -0.374 e. The maximum atomic E-state index is 13.1. The van der Waals surface area contributed by atoms with Crippen LogP contribution in [0.25, 0.3) is 0 Å². The van der Waals surface area contributed by atoms with Gasteiger partial charge in [0, 0.05) is 24.6 Å². The van der Waals surface area contributed by atoms with Gasteiger partial charge in [0.1, 0.15) is 0 Å². The second-order valence-electron chi connectivity index (χ2n) is 4.61. The summed E-state index contributed by atoms with van der Waals surface area (Å²) in [7, 11) is 1.72. The third kappa shape index (κ3) is 4.71. The summed E-state index contributed by atoms with van der Waals surface area (Å²) in [5, 5.41) is 0.426. The topological polar surface area (TPSA) is 3.24 Å². The molecule has 0 aliphatic carbocycles. The minimum atomic E-state index is -4.31. The molecule has 0 aliphatic rings. The van der Waals surface area contributed by atoms with Crippen LogP contribution in [0.2, 0.25) is 0 Å². The molecule has 108 valence electrons. The molecular weight excluding hydrogens is 319 g/mol. The molecule has 0 fully saturated rings. The highest BCUT2D eigenvalue weighted by atomic mass is 79.9. The summed E-state index contributed by atoms with van der Waals surface area (Å²) in [5.41, 5.74) is 0.342. The third-order valence-electron chi connectivity index (χ3n) is 3.03. The van der Waals surface area contributed by atoms with Crippen molar-refractivity contribution < 1.29 is 13.2 Å². The molecule has 0 unspecified atom stereocenters. The van der Waals surface area contributed by atoms with Gasteiger partial charge >= 0.3 is 6.18 Å². The van der Waals surface area contributed by atoms with Gasteiger partial charge in [-0.05, 0) is 24.1 Å². The number of alkyl halides is 4. The smallest absolute Gasteiger partial charge is 0.374 e. The Balaban J connectivity index is 2.98. The van der Waals surface area contributed by atoms with Gasteiger partial charge in [0.25, 0.3) is 0 Å². The molecule has 0 spiro atoms. The zero-order valence-corrected chi connectivity index (χ0v) is 12.8. The van der Waals surface area contributed by atoms with Crippen LogP contribution < -0.4 is 4.90 Å². The predicted molar refractivity (Wildman–Crippen MR) is 76.9 cm³/mol. The summed E-state index contributed by atoms with van der Waals surface area (Å²) < 4.78 is 39.2. The molecule has 0 saturated carbocycles. The first-order chi connectivity index (χ1) is 8.90. The first-order valence-corrected chi connectivity index (χ1v) is 7.49. The number of nitrogens with zero attached hydrogens (tertiary/aromatic N) is 1. The number of hydrogen-bond acceptors (Lipinski definition) is 1. The van der Waals surface area contributed by atoms with Crippen LogP contribution in [0.5, 0.6) is 0 Å². The molecule has 0 atom stereocenters. The molecule has 5 heteroatoms. The van der Waals surface area contributed by atoms with E-state index in [-0.39, 0.29) is 5.69 Å². The van der Waals surface area contributed by atoms with Crippen molar-refractivity contribution in [1.29, 1.82) is 0 Å². The van der Waals surface area contributed by atoms with Crippen molar-refractivity contribution in [3.63, 3.8) is 0 Å². The van der Waals surface area contributed by atoms with E-state index in [1.165, 1.54) is 6.07 Å². The van der Waals surface area contributed by atoms with E-state index in [0.717, 1.165) is 19.3 Å². The molecule has 19 heavy (non-hydrogen) atoms. The lowest BCUT2D eigenvalue weighted by Crippen LogP contribution is -2.22. The van der Waals surface area contributed by atoms with Gasteiger partial charge in [-0.25, -0.2) is 0 Å². The van der Waals surface area contributed by atoms with Crippen LogP contribution in [0, 0.1) is 0 Å². The predicted octanol–water partition coefficient (Wildman–Crippen LogP) is 5.23. The van der Waals surface area contributed by atoms with Crippen LogP contribution in [0.15, 0.2) is 18.2 Å². The lowest BCUT2D eigenvalue weighted by Gasteiger charge is -2.24. The molecule has 1 nitrogen and oxygen atoms in total. The third-order valence-corrected chi connectivity index (χ3v) is 3.68. The highest BCUT2D eigenvalue weighted by molar-refractivity contribution is 9.08. The minimum absolute atomic E-state index is 0.258. The molecule has 0 N–H and O–H groups in total. The number of unbranched alkanes of at least 4 members (excludes halogenated alkanes) is 2. The molecule has 1 rings (SSSR count). The Morgan fingerprint density at radius 2 is 1.89 bits per heavy atom. The Hall–Kier alpha value is -0.710. The fourth-order valence-electron chi connectivity index (χ4n) is 1.95. The highest BCUT2D eigenvalue weighted by Crippen LogP contribution is 2.37. The normalized spacial score (nSPS) is 11.7. The molecule has 0 heterocycles. The molecule has 0 aromatic heterocycles. The van der Waals surface area contributed by atoms with Gasteiger partial charge in [0.2, 0.25) is 0 Å². The summed E-state index contributed by atoms with van der Waals surface area (Å²) in [5.74, 6) is 0. The molecule has 0 aliphatic heterocycles. The number of benzene rings is 1. The summed E-state index contributed by atoms with van der Waals surface area (Å²) in [6.07, 6.45) is -1.31. The molecule has 1 aromatic rings. The number of rotatable bonds is 6. The van der Waals surface area contributed by atoms with Crippen LogP contribution in [0.3, 0.4) is 0 Å². The fraction of sp³-hybridized carbons (Fsp3) is 0.571. The van der Waals surface area contributed by atoms with Crippen LogP contribution in [-0.2, 0) is 11.5 Å². The Morgan fingerprint density at radius 1 is 1.21 bits per heavy atom. The van der Waals surface area contributed by atoms with Crippen LogP contribution in [0.4, 0.5) is 18.9 Å². The van der Waals surface area contributed by atoms with Gasteiger partial charge < -0.3 is 4.90 Å². The summed E-state index contributed by atoms with van der Waals surface area (Å²) in [4.78, 5) is 1.69. The van der Waals surface area contributed by atoms with E-state index >= 15 is 0 Å². The summed E-state index contributed by atoms with van der Waals surface area (Å²) in [6, 6.07) is 4.52. The van der Waals surface area contributed by atoms with Gasteiger partial charge in [-0.15, -0.1) is 0 Å². The molecule has 0 saturated heterocycles. The number of halogens is 4. The Morgan fingerprint density at radius 3 is 2.42 bits per heavy atom. The van der Waals surface area contributed by atoms with Gasteiger partial charge in [-0.1, -0.05) is 41.8 Å². The van der Waals surface area contributed by atoms with Crippen LogP contribution >= 0.6 is 15.9 Å². The zero-order valence-electron chi connectivity index (χ0n) is 11.2. The SMILES string of the molecule is CCCCCN(C)c1ccc(CBr)cc1C(F)(F)F. The fourth-order valence-corrected chi connectivity index (χ4v) is 2.29. The lowest BCUT2D eigenvalue weighted by atomic mass is 10.1. The van der Waals surface area contributed by atoms with Gasteiger partial charge in [-0.2, -0.15) is 13.2 Å². The average Bonchev–Trinajstić information content (AvgIpc) is 2.37. The first-order valence-electron chi connectivity index (χ1n) is 6.37. The van der Waals surface area contributed by atoms with Crippen molar-refractivity contribution >= 4 is 21.6 Å². The highest BCUT2D eigenvalue weighted by Gasteiger charge is 2.34. The van der Waals surface area contributed by atoms with Gasteiger partial charge in [-0.3, -0.25) is 0 Å². The second-order valence-corrected chi connectivity index (χ2v) is 5.17. The maximum absolute atomic E-state index is 13.1. The van der Waals surface area contributed by atoms with E-state index < -0.39 is 11.7 Å². The molecule has 0 amide bonds. The van der Waals surface area contributed by atoms with E-state index in [0.29, 0.717) is 17.4 Å². The van der Waals surface area contributed by atoms with Crippen molar-refractivity contribution in [3.05, 3.63) is 29.3 Å². The molecular formula is C14H19BrF3N. The quantitative estimate of drug-likeness (QED) is 0.507. The second kappa shape index (κ2) is 7.17. The lowest BCUT2D eigenvalue weighted by molar-refractivity contribution is -0.137. The van der Waals surface area contributed by atoms with Crippen molar-refractivity contribution in [2.24, 2.45) is 0 Å².